The minimum absolute atomic E-state index is 0.0411. The number of aryl methyl sites for hydroxylation is 1. The van der Waals surface area contributed by atoms with Crippen LogP contribution in [0, 0.1) is 6.92 Å². The molecule has 0 saturated carbocycles. The number of carbonyl (C=O) groups is 2. The van der Waals surface area contributed by atoms with Crippen molar-refractivity contribution in [2.45, 2.75) is 50.6 Å². The lowest BCUT2D eigenvalue weighted by Gasteiger charge is -2.34. The Balaban J connectivity index is 1.80. The van der Waals surface area contributed by atoms with E-state index in [4.69, 9.17) is 23.2 Å². The van der Waals surface area contributed by atoms with E-state index in [0.29, 0.717) is 27.8 Å². The zero-order valence-electron chi connectivity index (χ0n) is 25.3. The van der Waals surface area contributed by atoms with Crippen LogP contribution in [0.15, 0.2) is 108 Å². The number of benzene rings is 4. The Hall–Kier alpha value is -3.85. The second kappa shape index (κ2) is 15.9. The Bertz CT molecular complexity index is 1700. The summed E-state index contributed by atoms with van der Waals surface area (Å²) in [6, 6.07) is 28.3. The van der Waals surface area contributed by atoms with Crippen LogP contribution in [0.2, 0.25) is 10.0 Å². The highest BCUT2D eigenvalue weighted by Gasteiger charge is 2.34. The van der Waals surface area contributed by atoms with Crippen LogP contribution in [0.1, 0.15) is 36.5 Å². The van der Waals surface area contributed by atoms with Gasteiger partial charge in [-0.2, -0.15) is 0 Å². The number of nitrogens with zero attached hydrogens (tertiary/aromatic N) is 2. The fourth-order valence-electron chi connectivity index (χ4n) is 4.93. The number of nitrogens with one attached hydrogen (secondary N) is 1. The molecule has 4 aromatic carbocycles. The third kappa shape index (κ3) is 9.10. The molecule has 0 saturated heterocycles. The van der Waals surface area contributed by atoms with Crippen LogP contribution < -0.4 is 9.62 Å². The fraction of sp³-hybridized carbons (Fsp3) is 0.257. The molecule has 45 heavy (non-hydrogen) atoms. The molecule has 0 aliphatic heterocycles. The van der Waals surface area contributed by atoms with Crippen molar-refractivity contribution in [3.63, 3.8) is 0 Å². The summed E-state index contributed by atoms with van der Waals surface area (Å²) in [6.45, 7) is 3.74. The van der Waals surface area contributed by atoms with E-state index >= 15 is 0 Å². The van der Waals surface area contributed by atoms with Gasteiger partial charge in [0.25, 0.3) is 10.0 Å². The zero-order chi connectivity index (χ0) is 32.4. The van der Waals surface area contributed by atoms with Gasteiger partial charge in [-0.3, -0.25) is 13.9 Å². The molecule has 0 aliphatic carbocycles. The summed E-state index contributed by atoms with van der Waals surface area (Å²) in [5.41, 5.74) is 2.58. The minimum Gasteiger partial charge on any atom is -0.354 e. The summed E-state index contributed by atoms with van der Waals surface area (Å²) >= 11 is 12.7. The van der Waals surface area contributed by atoms with Crippen LogP contribution in [0.25, 0.3) is 0 Å². The highest BCUT2D eigenvalue weighted by molar-refractivity contribution is 7.92. The Labute approximate surface area is 275 Å². The van der Waals surface area contributed by atoms with Crippen molar-refractivity contribution in [1.82, 2.24) is 10.2 Å². The van der Waals surface area contributed by atoms with Crippen molar-refractivity contribution in [3.05, 3.63) is 130 Å². The molecule has 0 spiro atoms. The standard InChI is InChI=1S/C35H37Cl2N3O4S/c1-3-4-20-38-35(42)33(22-27-13-7-5-8-14-27)39(24-28-18-19-29(36)23-32(28)37)34(41)25-40(30-15-11-12-26(2)21-30)45(43,44)31-16-9-6-10-17-31/h5-19,21,23,33H,3-4,20,22,24-25H2,1-2H3,(H,38,42)/t33-/m0/s1. The lowest BCUT2D eigenvalue weighted by molar-refractivity contribution is -0.140. The number of rotatable bonds is 14. The summed E-state index contributed by atoms with van der Waals surface area (Å²) < 4.78 is 29.2. The van der Waals surface area contributed by atoms with Crippen molar-refractivity contribution >= 4 is 50.7 Å². The molecule has 236 valence electrons. The second-order valence-corrected chi connectivity index (χ2v) is 13.5. The lowest BCUT2D eigenvalue weighted by Crippen LogP contribution is -2.53. The van der Waals surface area contributed by atoms with E-state index in [0.717, 1.165) is 28.3 Å². The number of unbranched alkanes of at least 4 members (excludes halogenated alkanes) is 1. The Morgan fingerprint density at radius 3 is 2.20 bits per heavy atom. The Morgan fingerprint density at radius 1 is 0.867 bits per heavy atom. The minimum atomic E-state index is -4.17. The van der Waals surface area contributed by atoms with Gasteiger partial charge in [0, 0.05) is 29.6 Å². The number of sulfonamides is 1. The molecule has 1 N–H and O–H groups in total. The molecule has 2 amide bonds. The van der Waals surface area contributed by atoms with E-state index in [1.54, 1.807) is 54.6 Å². The van der Waals surface area contributed by atoms with Gasteiger partial charge in [-0.05, 0) is 66.4 Å². The number of halogens is 2. The monoisotopic (exact) mass is 665 g/mol. The SMILES string of the molecule is CCCCNC(=O)[C@H](Cc1ccccc1)N(Cc1ccc(Cl)cc1Cl)C(=O)CN(c1cccc(C)c1)S(=O)(=O)c1ccccc1. The third-order valence-corrected chi connectivity index (χ3v) is 9.73. The molecule has 4 rings (SSSR count). The normalized spacial score (nSPS) is 11.9. The molecule has 0 radical (unpaired) electrons. The quantitative estimate of drug-likeness (QED) is 0.146. The van der Waals surface area contributed by atoms with Crippen LogP contribution >= 0.6 is 23.2 Å². The van der Waals surface area contributed by atoms with Gasteiger partial charge < -0.3 is 10.2 Å². The van der Waals surface area contributed by atoms with E-state index in [-0.39, 0.29) is 23.8 Å². The Morgan fingerprint density at radius 2 is 1.56 bits per heavy atom. The van der Waals surface area contributed by atoms with Crippen LogP contribution in [-0.2, 0) is 32.6 Å². The van der Waals surface area contributed by atoms with Crippen molar-refractivity contribution in [2.24, 2.45) is 0 Å². The van der Waals surface area contributed by atoms with Crippen molar-refractivity contribution < 1.29 is 18.0 Å². The molecule has 0 aliphatic rings. The van der Waals surface area contributed by atoms with E-state index in [9.17, 15) is 18.0 Å². The average Bonchev–Trinajstić information content (AvgIpc) is 3.03. The van der Waals surface area contributed by atoms with Crippen molar-refractivity contribution in [2.75, 3.05) is 17.4 Å². The summed E-state index contributed by atoms with van der Waals surface area (Å²) in [5.74, 6) is -0.896. The first kappa shape index (κ1) is 34.0. The van der Waals surface area contributed by atoms with Gasteiger partial charge in [-0.1, -0.05) is 103 Å². The van der Waals surface area contributed by atoms with Crippen molar-refractivity contribution in [3.8, 4) is 0 Å². The number of carbonyl (C=O) groups excluding carboxylic acids is 2. The number of hydrogen-bond acceptors (Lipinski definition) is 4. The van der Waals surface area contributed by atoms with Gasteiger partial charge in [0.1, 0.15) is 12.6 Å². The topological polar surface area (TPSA) is 86.8 Å². The first-order valence-corrected chi connectivity index (χ1v) is 17.0. The molecule has 4 aromatic rings. The second-order valence-electron chi connectivity index (χ2n) is 10.8. The number of hydrogen-bond donors (Lipinski definition) is 1. The summed E-state index contributed by atoms with van der Waals surface area (Å²) in [5, 5.41) is 3.74. The molecule has 0 aromatic heterocycles. The van der Waals surface area contributed by atoms with E-state index in [1.165, 1.54) is 17.0 Å². The van der Waals surface area contributed by atoms with Gasteiger partial charge in [0.15, 0.2) is 0 Å². The molecule has 7 nitrogen and oxygen atoms in total. The van der Waals surface area contributed by atoms with Gasteiger partial charge in [0.2, 0.25) is 11.8 Å². The molecule has 0 heterocycles. The van der Waals surface area contributed by atoms with Crippen LogP contribution in [0.4, 0.5) is 5.69 Å². The largest absolute Gasteiger partial charge is 0.354 e. The van der Waals surface area contributed by atoms with E-state index in [2.05, 4.69) is 5.32 Å². The molecule has 0 unspecified atom stereocenters. The summed E-state index contributed by atoms with van der Waals surface area (Å²) in [7, 11) is -4.17. The first-order valence-electron chi connectivity index (χ1n) is 14.8. The van der Waals surface area contributed by atoms with Crippen LogP contribution in [0.3, 0.4) is 0 Å². The summed E-state index contributed by atoms with van der Waals surface area (Å²) in [6.07, 6.45) is 1.87. The smallest absolute Gasteiger partial charge is 0.264 e. The predicted molar refractivity (Wildman–Crippen MR) is 181 cm³/mol. The van der Waals surface area contributed by atoms with Crippen LogP contribution in [0.5, 0.6) is 0 Å². The predicted octanol–water partition coefficient (Wildman–Crippen LogP) is 7.05. The third-order valence-electron chi connectivity index (χ3n) is 7.36. The van der Waals surface area contributed by atoms with Gasteiger partial charge in [-0.15, -0.1) is 0 Å². The summed E-state index contributed by atoms with van der Waals surface area (Å²) in [4.78, 5) is 29.8. The van der Waals surface area contributed by atoms with Gasteiger partial charge >= 0.3 is 0 Å². The van der Waals surface area contributed by atoms with Crippen molar-refractivity contribution in [1.29, 1.82) is 0 Å². The zero-order valence-corrected chi connectivity index (χ0v) is 27.7. The molecule has 0 fully saturated rings. The molecular formula is C35H37Cl2N3O4S. The molecule has 1 atom stereocenters. The highest BCUT2D eigenvalue weighted by Crippen LogP contribution is 2.27. The first-order chi connectivity index (χ1) is 21.6. The van der Waals surface area contributed by atoms with E-state index < -0.39 is 28.5 Å². The maximum absolute atomic E-state index is 14.5. The molecule has 10 heteroatoms. The fourth-order valence-corrected chi connectivity index (χ4v) is 6.82. The highest BCUT2D eigenvalue weighted by atomic mass is 35.5. The van der Waals surface area contributed by atoms with Gasteiger partial charge in [-0.25, -0.2) is 8.42 Å². The van der Waals surface area contributed by atoms with Gasteiger partial charge in [0.05, 0.1) is 10.6 Å². The lowest BCUT2D eigenvalue weighted by atomic mass is 10.0. The average molecular weight is 667 g/mol. The number of anilines is 1. The molecular weight excluding hydrogens is 629 g/mol. The Kier molecular flexibility index (Phi) is 12.0. The maximum Gasteiger partial charge on any atom is 0.264 e. The number of amides is 2. The van der Waals surface area contributed by atoms with E-state index in [1.807, 2.05) is 50.2 Å². The van der Waals surface area contributed by atoms with Crippen LogP contribution in [-0.4, -0.2) is 44.3 Å². The molecule has 0 bridgehead atoms. The maximum atomic E-state index is 14.5.